The molecule has 4 heteroatoms. The van der Waals surface area contributed by atoms with E-state index in [1.54, 1.807) is 0 Å². The second-order valence-electron chi connectivity index (χ2n) is 6.20. The summed E-state index contributed by atoms with van der Waals surface area (Å²) in [6, 6.07) is 0.813. The molecule has 4 nitrogen and oxygen atoms in total. The molecule has 2 aliphatic heterocycles. The first kappa shape index (κ1) is 12.4. The van der Waals surface area contributed by atoms with Gasteiger partial charge in [0.1, 0.15) is 0 Å². The third kappa shape index (κ3) is 1.95. The molecular weight excluding hydrogens is 230 g/mol. The highest BCUT2D eigenvalue weighted by atomic mass is 16.4. The first-order valence-electron chi connectivity index (χ1n) is 7.37. The van der Waals surface area contributed by atoms with Crippen molar-refractivity contribution < 1.29 is 15.0 Å². The fourth-order valence-electron chi connectivity index (χ4n) is 4.43. The van der Waals surface area contributed by atoms with Crippen molar-refractivity contribution >= 4 is 5.97 Å². The number of carboxylic acids is 1. The van der Waals surface area contributed by atoms with E-state index in [2.05, 4.69) is 4.90 Å². The van der Waals surface area contributed by atoms with Gasteiger partial charge in [-0.2, -0.15) is 0 Å². The van der Waals surface area contributed by atoms with Crippen LogP contribution in [-0.4, -0.2) is 45.3 Å². The van der Waals surface area contributed by atoms with E-state index in [4.69, 9.17) is 0 Å². The highest BCUT2D eigenvalue weighted by Gasteiger charge is 2.52. The first-order valence-corrected chi connectivity index (χ1v) is 7.37. The summed E-state index contributed by atoms with van der Waals surface area (Å²) in [5.74, 6) is -0.838. The predicted octanol–water partition coefficient (Wildman–Crippen LogP) is 1.62. The van der Waals surface area contributed by atoms with E-state index in [0.717, 1.165) is 38.5 Å². The largest absolute Gasteiger partial charge is 0.481 e. The molecule has 3 fully saturated rings. The molecule has 2 bridgehead atoms. The van der Waals surface area contributed by atoms with Crippen LogP contribution in [0.3, 0.4) is 0 Å². The van der Waals surface area contributed by atoms with Crippen LogP contribution in [-0.2, 0) is 4.79 Å². The number of nitrogens with zero attached hydrogens (tertiary/aromatic N) is 1. The molecule has 5 unspecified atom stereocenters. The average molecular weight is 253 g/mol. The third-order valence-corrected chi connectivity index (χ3v) is 5.23. The van der Waals surface area contributed by atoms with E-state index < -0.39 is 5.97 Å². The molecule has 1 saturated carbocycles. The summed E-state index contributed by atoms with van der Waals surface area (Å²) < 4.78 is 0. The van der Waals surface area contributed by atoms with Gasteiger partial charge < -0.3 is 10.2 Å². The Morgan fingerprint density at radius 1 is 1.00 bits per heavy atom. The van der Waals surface area contributed by atoms with Gasteiger partial charge in [-0.05, 0) is 32.1 Å². The standard InChI is InChI=1S/C14H23NO3/c16-13-5-3-1-2-4-12(13)15-9-6-7-11(15)10(8-9)14(17)18/h9-13,16H,1-8H2,(H,17,18). The summed E-state index contributed by atoms with van der Waals surface area (Å²) in [6.45, 7) is 0. The number of carbonyl (C=O) groups is 1. The summed E-state index contributed by atoms with van der Waals surface area (Å²) in [4.78, 5) is 13.7. The molecule has 2 N–H and O–H groups in total. The predicted molar refractivity (Wildman–Crippen MR) is 67.3 cm³/mol. The lowest BCUT2D eigenvalue weighted by atomic mass is 9.89. The number of aliphatic hydroxyl groups excluding tert-OH is 1. The minimum absolute atomic E-state index is 0.185. The number of carboxylic acid groups (broad SMARTS) is 1. The van der Waals surface area contributed by atoms with Crippen LogP contribution in [0, 0.1) is 5.92 Å². The van der Waals surface area contributed by atoms with E-state index in [0.29, 0.717) is 6.04 Å². The van der Waals surface area contributed by atoms with Crippen LogP contribution in [0.25, 0.3) is 0 Å². The van der Waals surface area contributed by atoms with Crippen molar-refractivity contribution in [3.05, 3.63) is 0 Å². The Balaban J connectivity index is 1.77. The Kier molecular flexibility index (Phi) is 3.32. The molecule has 0 aromatic carbocycles. The maximum atomic E-state index is 11.3. The molecule has 1 aliphatic carbocycles. The van der Waals surface area contributed by atoms with Crippen LogP contribution >= 0.6 is 0 Å². The van der Waals surface area contributed by atoms with Gasteiger partial charge in [0.25, 0.3) is 0 Å². The lowest BCUT2D eigenvalue weighted by Crippen LogP contribution is -2.47. The summed E-state index contributed by atoms with van der Waals surface area (Å²) in [7, 11) is 0. The van der Waals surface area contributed by atoms with Crippen molar-refractivity contribution in [2.24, 2.45) is 5.92 Å². The summed E-state index contributed by atoms with van der Waals surface area (Å²) in [6.07, 6.45) is 8.10. The minimum atomic E-state index is -0.643. The zero-order valence-corrected chi connectivity index (χ0v) is 10.8. The Labute approximate surface area is 108 Å². The van der Waals surface area contributed by atoms with Gasteiger partial charge in [-0.15, -0.1) is 0 Å². The van der Waals surface area contributed by atoms with Gasteiger partial charge in [-0.25, -0.2) is 0 Å². The molecule has 0 radical (unpaired) electrons. The highest BCUT2D eigenvalue weighted by molar-refractivity contribution is 5.71. The fourth-order valence-corrected chi connectivity index (χ4v) is 4.43. The zero-order chi connectivity index (χ0) is 12.7. The molecule has 2 saturated heterocycles. The van der Waals surface area contributed by atoms with Crippen molar-refractivity contribution in [3.63, 3.8) is 0 Å². The third-order valence-electron chi connectivity index (χ3n) is 5.23. The van der Waals surface area contributed by atoms with Gasteiger partial charge in [-0.1, -0.05) is 19.3 Å². The van der Waals surface area contributed by atoms with Crippen LogP contribution in [0.15, 0.2) is 0 Å². The number of aliphatic carboxylic acids is 1. The Morgan fingerprint density at radius 3 is 2.50 bits per heavy atom. The average Bonchev–Trinajstić information content (AvgIpc) is 2.84. The molecule has 102 valence electrons. The minimum Gasteiger partial charge on any atom is -0.481 e. The van der Waals surface area contributed by atoms with Crippen molar-refractivity contribution in [1.82, 2.24) is 4.90 Å². The highest BCUT2D eigenvalue weighted by Crippen LogP contribution is 2.45. The molecule has 0 aromatic heterocycles. The van der Waals surface area contributed by atoms with Gasteiger partial charge in [-0.3, -0.25) is 9.69 Å². The lowest BCUT2D eigenvalue weighted by molar-refractivity contribution is -0.143. The molecule has 18 heavy (non-hydrogen) atoms. The van der Waals surface area contributed by atoms with E-state index in [-0.39, 0.29) is 24.1 Å². The summed E-state index contributed by atoms with van der Waals surface area (Å²) >= 11 is 0. The molecule has 5 atom stereocenters. The quantitative estimate of drug-likeness (QED) is 0.734. The smallest absolute Gasteiger partial charge is 0.308 e. The fraction of sp³-hybridized carbons (Fsp3) is 0.929. The zero-order valence-electron chi connectivity index (χ0n) is 10.8. The number of aliphatic hydroxyl groups is 1. The van der Waals surface area contributed by atoms with E-state index in [1.165, 1.54) is 12.8 Å². The molecule has 3 rings (SSSR count). The van der Waals surface area contributed by atoms with Crippen LogP contribution in [0.4, 0.5) is 0 Å². The maximum Gasteiger partial charge on any atom is 0.308 e. The molecule has 2 heterocycles. The normalized spacial score (nSPS) is 45.1. The van der Waals surface area contributed by atoms with Gasteiger partial charge in [0.2, 0.25) is 0 Å². The molecule has 0 amide bonds. The molecular formula is C14H23NO3. The molecule has 0 aromatic rings. The Bertz CT molecular complexity index is 333. The second kappa shape index (κ2) is 4.82. The van der Waals surface area contributed by atoms with Crippen molar-refractivity contribution in [1.29, 1.82) is 0 Å². The van der Waals surface area contributed by atoms with Crippen molar-refractivity contribution in [2.45, 2.75) is 75.6 Å². The van der Waals surface area contributed by atoms with Crippen LogP contribution < -0.4 is 0 Å². The van der Waals surface area contributed by atoms with Gasteiger partial charge in [0.15, 0.2) is 0 Å². The van der Waals surface area contributed by atoms with Gasteiger partial charge >= 0.3 is 5.97 Å². The van der Waals surface area contributed by atoms with Gasteiger partial charge in [0, 0.05) is 18.1 Å². The van der Waals surface area contributed by atoms with Gasteiger partial charge in [0.05, 0.1) is 12.0 Å². The molecule has 3 aliphatic rings. The SMILES string of the molecule is O=C(O)C1CC2CCC1N2C1CCCCCC1O. The monoisotopic (exact) mass is 253 g/mol. The van der Waals surface area contributed by atoms with E-state index >= 15 is 0 Å². The number of hydrogen-bond acceptors (Lipinski definition) is 3. The van der Waals surface area contributed by atoms with Crippen molar-refractivity contribution in [2.75, 3.05) is 0 Å². The van der Waals surface area contributed by atoms with Crippen LogP contribution in [0.5, 0.6) is 0 Å². The second-order valence-corrected chi connectivity index (χ2v) is 6.20. The summed E-state index contributed by atoms with van der Waals surface area (Å²) in [5.41, 5.74) is 0. The first-order chi connectivity index (χ1) is 8.68. The number of rotatable bonds is 2. The summed E-state index contributed by atoms with van der Waals surface area (Å²) in [5, 5.41) is 19.6. The molecule has 0 spiro atoms. The lowest BCUT2D eigenvalue weighted by Gasteiger charge is -2.34. The topological polar surface area (TPSA) is 60.8 Å². The Morgan fingerprint density at radius 2 is 1.78 bits per heavy atom. The van der Waals surface area contributed by atoms with Crippen molar-refractivity contribution in [3.8, 4) is 0 Å². The van der Waals surface area contributed by atoms with E-state index in [1.807, 2.05) is 0 Å². The van der Waals surface area contributed by atoms with E-state index in [9.17, 15) is 15.0 Å². The number of fused-ring (bicyclic) bond motifs is 2. The maximum absolute atomic E-state index is 11.3. The Hall–Kier alpha value is -0.610. The van der Waals surface area contributed by atoms with Crippen LogP contribution in [0.1, 0.15) is 51.4 Å². The van der Waals surface area contributed by atoms with Crippen LogP contribution in [0.2, 0.25) is 0 Å². The number of hydrogen-bond donors (Lipinski definition) is 2.